The third-order valence-corrected chi connectivity index (χ3v) is 4.50. The van der Waals surface area contributed by atoms with Crippen molar-refractivity contribution < 1.29 is 5.11 Å². The fraction of sp³-hybridized carbons (Fsp3) is 0.684. The molecule has 24 heavy (non-hydrogen) atoms. The predicted octanol–water partition coefficient (Wildman–Crippen LogP) is 2.75. The molecule has 1 fully saturated rings. The van der Waals surface area contributed by atoms with Crippen LogP contribution in [-0.4, -0.2) is 58.8 Å². The smallest absolute Gasteiger partial charge is 0.133 e. The second kappa shape index (κ2) is 8.58. The van der Waals surface area contributed by atoms with Crippen LogP contribution in [0.2, 0.25) is 0 Å². The van der Waals surface area contributed by atoms with Gasteiger partial charge in [-0.3, -0.25) is 4.90 Å². The van der Waals surface area contributed by atoms with Crippen LogP contribution in [-0.2, 0) is 0 Å². The minimum absolute atomic E-state index is 0.226. The summed E-state index contributed by atoms with van der Waals surface area (Å²) < 4.78 is 0. The molecule has 5 heteroatoms. The number of aromatic nitrogens is 2. The Morgan fingerprint density at radius 1 is 1.33 bits per heavy atom. The highest BCUT2D eigenvalue weighted by atomic mass is 16.3. The lowest BCUT2D eigenvalue weighted by atomic mass is 10.1. The summed E-state index contributed by atoms with van der Waals surface area (Å²) in [5, 5.41) is 9.45. The molecule has 1 atom stereocenters. The minimum atomic E-state index is 0.226. The first-order valence-electron chi connectivity index (χ1n) is 8.99. The molecule has 134 valence electrons. The van der Waals surface area contributed by atoms with Crippen molar-refractivity contribution in [1.82, 2.24) is 14.9 Å². The van der Waals surface area contributed by atoms with Gasteiger partial charge in [-0.05, 0) is 27.2 Å². The van der Waals surface area contributed by atoms with Crippen molar-refractivity contribution >= 4 is 5.82 Å². The van der Waals surface area contributed by atoms with E-state index in [4.69, 9.17) is 4.98 Å². The van der Waals surface area contributed by atoms with E-state index >= 15 is 0 Å². The topological polar surface area (TPSA) is 52.5 Å². The van der Waals surface area contributed by atoms with E-state index in [2.05, 4.69) is 54.6 Å². The zero-order valence-corrected chi connectivity index (χ0v) is 15.8. The first-order valence-corrected chi connectivity index (χ1v) is 8.99. The highest BCUT2D eigenvalue weighted by molar-refractivity contribution is 5.41. The summed E-state index contributed by atoms with van der Waals surface area (Å²) >= 11 is 0. The van der Waals surface area contributed by atoms with Gasteiger partial charge in [0.15, 0.2) is 0 Å². The number of anilines is 1. The van der Waals surface area contributed by atoms with Crippen molar-refractivity contribution in [3.05, 3.63) is 29.2 Å². The molecule has 1 aromatic heterocycles. The number of piperazine rings is 1. The van der Waals surface area contributed by atoms with Crippen LogP contribution in [0.1, 0.15) is 51.6 Å². The summed E-state index contributed by atoms with van der Waals surface area (Å²) in [4.78, 5) is 14.1. The lowest BCUT2D eigenvalue weighted by molar-refractivity contribution is 0.155. The van der Waals surface area contributed by atoms with Crippen LogP contribution in [0.4, 0.5) is 5.82 Å². The van der Waals surface area contributed by atoms with E-state index in [1.54, 1.807) is 0 Å². The van der Waals surface area contributed by atoms with E-state index in [-0.39, 0.29) is 6.61 Å². The summed E-state index contributed by atoms with van der Waals surface area (Å²) in [5.74, 6) is 2.27. The molecule has 0 aliphatic carbocycles. The zero-order chi connectivity index (χ0) is 17.7. The molecule has 1 N–H and O–H groups in total. The molecule has 2 heterocycles. The second-order valence-electron chi connectivity index (χ2n) is 7.27. The molecule has 1 aliphatic heterocycles. The highest BCUT2D eigenvalue weighted by Gasteiger charge is 2.27. The highest BCUT2D eigenvalue weighted by Crippen LogP contribution is 2.21. The molecule has 0 aromatic carbocycles. The maximum absolute atomic E-state index is 9.45. The van der Waals surface area contributed by atoms with Gasteiger partial charge in [0.25, 0.3) is 0 Å². The van der Waals surface area contributed by atoms with Gasteiger partial charge in [0.1, 0.15) is 11.6 Å². The fourth-order valence-electron chi connectivity index (χ4n) is 3.06. The van der Waals surface area contributed by atoms with E-state index < -0.39 is 0 Å². The normalized spacial score (nSPS) is 19.0. The van der Waals surface area contributed by atoms with E-state index in [1.807, 2.05) is 6.92 Å². The average Bonchev–Trinajstić information content (AvgIpc) is 2.53. The molecular weight excluding hydrogens is 300 g/mol. The zero-order valence-electron chi connectivity index (χ0n) is 15.8. The number of hydrogen-bond donors (Lipinski definition) is 1. The van der Waals surface area contributed by atoms with Crippen LogP contribution in [0.5, 0.6) is 0 Å². The van der Waals surface area contributed by atoms with Crippen LogP contribution in [0, 0.1) is 6.92 Å². The monoisotopic (exact) mass is 332 g/mol. The van der Waals surface area contributed by atoms with Crippen LogP contribution < -0.4 is 4.90 Å². The van der Waals surface area contributed by atoms with Gasteiger partial charge in [-0.1, -0.05) is 25.5 Å². The van der Waals surface area contributed by atoms with Gasteiger partial charge in [0.05, 0.1) is 0 Å². The van der Waals surface area contributed by atoms with Crippen molar-refractivity contribution in [2.75, 3.05) is 37.7 Å². The Morgan fingerprint density at radius 3 is 2.71 bits per heavy atom. The van der Waals surface area contributed by atoms with Crippen LogP contribution in [0.25, 0.3) is 0 Å². The van der Waals surface area contributed by atoms with Gasteiger partial charge in [0.2, 0.25) is 0 Å². The van der Waals surface area contributed by atoms with E-state index in [9.17, 15) is 5.11 Å². The number of aliphatic hydroxyl groups excluding tert-OH is 1. The lowest BCUT2D eigenvalue weighted by Gasteiger charge is -2.41. The Kier molecular flexibility index (Phi) is 6.75. The number of allylic oxidation sites excluding steroid dienone is 1. The molecule has 1 aromatic rings. The van der Waals surface area contributed by atoms with Gasteiger partial charge in [-0.15, -0.1) is 0 Å². The molecule has 0 spiro atoms. The Labute approximate surface area is 146 Å². The number of aryl methyl sites for hydroxylation is 1. The number of rotatable bonds is 6. The molecule has 0 amide bonds. The molecule has 0 radical (unpaired) electrons. The summed E-state index contributed by atoms with van der Waals surface area (Å²) in [6.07, 6.45) is 3.07. The molecule has 1 aliphatic rings. The van der Waals surface area contributed by atoms with Crippen molar-refractivity contribution in [2.45, 2.75) is 53.0 Å². The van der Waals surface area contributed by atoms with Crippen molar-refractivity contribution in [3.63, 3.8) is 0 Å². The number of aliphatic hydroxyl groups is 1. The molecular formula is C19H32N4O. The second-order valence-corrected chi connectivity index (χ2v) is 7.27. The first kappa shape index (κ1) is 18.9. The molecule has 2 rings (SSSR count). The Balaban J connectivity index is 2.15. The largest absolute Gasteiger partial charge is 0.396 e. The number of nitrogens with zero attached hydrogens (tertiary/aromatic N) is 4. The van der Waals surface area contributed by atoms with Gasteiger partial charge < -0.3 is 10.0 Å². The molecule has 0 unspecified atom stereocenters. The van der Waals surface area contributed by atoms with Gasteiger partial charge in [0, 0.05) is 56.5 Å². The Bertz CT molecular complexity index is 566. The summed E-state index contributed by atoms with van der Waals surface area (Å²) in [5.41, 5.74) is 2.36. The van der Waals surface area contributed by atoms with E-state index in [0.29, 0.717) is 12.0 Å². The van der Waals surface area contributed by atoms with Crippen LogP contribution in [0.15, 0.2) is 17.7 Å². The van der Waals surface area contributed by atoms with Crippen LogP contribution >= 0.6 is 0 Å². The minimum Gasteiger partial charge on any atom is -0.396 e. The van der Waals surface area contributed by atoms with Gasteiger partial charge in [-0.25, -0.2) is 9.97 Å². The van der Waals surface area contributed by atoms with Crippen molar-refractivity contribution in [1.29, 1.82) is 0 Å². The fourth-order valence-corrected chi connectivity index (χ4v) is 3.06. The average molecular weight is 332 g/mol. The summed E-state index contributed by atoms with van der Waals surface area (Å²) in [6.45, 7) is 14.6. The molecule has 0 bridgehead atoms. The van der Waals surface area contributed by atoms with Crippen molar-refractivity contribution in [3.8, 4) is 0 Å². The van der Waals surface area contributed by atoms with E-state index in [1.165, 1.54) is 5.57 Å². The molecule has 5 nitrogen and oxygen atoms in total. The third-order valence-electron chi connectivity index (χ3n) is 4.50. The maximum Gasteiger partial charge on any atom is 0.133 e. The summed E-state index contributed by atoms with van der Waals surface area (Å²) in [7, 11) is 0. The third kappa shape index (κ3) is 5.02. The van der Waals surface area contributed by atoms with Crippen LogP contribution in [0.3, 0.4) is 0 Å². The predicted molar refractivity (Wildman–Crippen MR) is 99.6 cm³/mol. The Morgan fingerprint density at radius 2 is 2.08 bits per heavy atom. The molecule has 1 saturated heterocycles. The lowest BCUT2D eigenvalue weighted by Crippen LogP contribution is -2.53. The van der Waals surface area contributed by atoms with Crippen molar-refractivity contribution in [2.24, 2.45) is 0 Å². The van der Waals surface area contributed by atoms with Gasteiger partial charge in [-0.2, -0.15) is 0 Å². The van der Waals surface area contributed by atoms with Gasteiger partial charge >= 0.3 is 0 Å². The first-order chi connectivity index (χ1) is 11.4. The standard InChI is InChI=1S/C19H32N4O/c1-14(2)6-8-22-9-10-23(13-17(22)7-11-24)18-12-16(5)20-19(21-18)15(3)4/h6,12,15,17,24H,7-11,13H2,1-5H3/t17-/m0/s1. The SMILES string of the molecule is CC(C)=CCN1CCN(c2cc(C)nc(C(C)C)n2)C[C@@H]1CCO. The number of hydrogen-bond acceptors (Lipinski definition) is 5. The quantitative estimate of drug-likeness (QED) is 0.812. The van der Waals surface area contributed by atoms with E-state index in [0.717, 1.165) is 49.9 Å². The molecule has 0 saturated carbocycles. The Hall–Kier alpha value is -1.46. The maximum atomic E-state index is 9.45. The summed E-state index contributed by atoms with van der Waals surface area (Å²) in [6, 6.07) is 2.44.